The average molecular weight is 164 g/mol. The van der Waals surface area contributed by atoms with E-state index >= 15 is 0 Å². The Balaban J connectivity index is 2.23. The summed E-state index contributed by atoms with van der Waals surface area (Å²) in [5.41, 5.74) is 0. The molecule has 66 valence electrons. The Hall–Kier alpha value is -0.790. The van der Waals surface area contributed by atoms with Crippen LogP contribution in [-0.2, 0) is 13.0 Å². The minimum atomic E-state index is 0.816. The van der Waals surface area contributed by atoms with Crippen molar-refractivity contribution in [3.05, 3.63) is 18.2 Å². The van der Waals surface area contributed by atoms with Gasteiger partial charge in [-0.05, 0) is 11.8 Å². The third kappa shape index (κ3) is 1.15. The summed E-state index contributed by atoms with van der Waals surface area (Å²) in [4.78, 5) is 4.35. The lowest BCUT2D eigenvalue weighted by atomic mass is 9.86. The van der Waals surface area contributed by atoms with Crippen molar-refractivity contribution in [1.29, 1.82) is 0 Å². The Morgan fingerprint density at radius 2 is 2.50 bits per heavy atom. The molecule has 1 aliphatic rings. The third-order valence-corrected chi connectivity index (χ3v) is 3.06. The molecule has 0 aromatic carbocycles. The predicted octanol–water partition coefficient (Wildman–Crippen LogP) is 2.10. The highest BCUT2D eigenvalue weighted by atomic mass is 15.1. The van der Waals surface area contributed by atoms with Crippen molar-refractivity contribution in [1.82, 2.24) is 9.55 Å². The predicted molar refractivity (Wildman–Crippen MR) is 48.9 cm³/mol. The van der Waals surface area contributed by atoms with Gasteiger partial charge in [0.05, 0.1) is 0 Å². The molecular weight excluding hydrogens is 148 g/mol. The summed E-state index contributed by atoms with van der Waals surface area (Å²) in [5.74, 6) is 2.94. The van der Waals surface area contributed by atoms with E-state index in [2.05, 4.69) is 29.6 Å². The Bertz CT molecular complexity index is 265. The summed E-state index contributed by atoms with van der Waals surface area (Å²) in [6, 6.07) is 0. The van der Waals surface area contributed by atoms with Gasteiger partial charge in [-0.25, -0.2) is 4.98 Å². The minimum Gasteiger partial charge on any atom is -0.335 e. The van der Waals surface area contributed by atoms with Crippen molar-refractivity contribution in [2.75, 3.05) is 0 Å². The van der Waals surface area contributed by atoms with Crippen molar-refractivity contribution in [2.24, 2.45) is 11.8 Å². The molecule has 0 radical (unpaired) electrons. The van der Waals surface area contributed by atoms with Crippen LogP contribution in [-0.4, -0.2) is 9.55 Å². The van der Waals surface area contributed by atoms with Gasteiger partial charge in [0.2, 0.25) is 0 Å². The summed E-state index contributed by atoms with van der Waals surface area (Å²) >= 11 is 0. The molecule has 2 heteroatoms. The third-order valence-electron chi connectivity index (χ3n) is 3.06. The molecule has 0 saturated carbocycles. The minimum absolute atomic E-state index is 0.816. The van der Waals surface area contributed by atoms with Crippen LogP contribution >= 0.6 is 0 Å². The van der Waals surface area contributed by atoms with Crippen LogP contribution in [0.1, 0.15) is 26.1 Å². The van der Waals surface area contributed by atoms with Gasteiger partial charge in [0, 0.05) is 25.4 Å². The first-order valence-electron chi connectivity index (χ1n) is 4.81. The highest BCUT2D eigenvalue weighted by molar-refractivity contribution is 4.98. The molecule has 0 aliphatic carbocycles. The quantitative estimate of drug-likeness (QED) is 0.621. The molecule has 2 atom stereocenters. The molecular formula is C10H16N2. The lowest BCUT2D eigenvalue weighted by Gasteiger charge is -2.28. The molecule has 0 saturated heterocycles. The second-order valence-corrected chi connectivity index (χ2v) is 3.85. The fourth-order valence-corrected chi connectivity index (χ4v) is 2.14. The summed E-state index contributed by atoms with van der Waals surface area (Å²) < 4.78 is 2.29. The van der Waals surface area contributed by atoms with Crippen LogP contribution in [0, 0.1) is 11.8 Å². The molecule has 2 heterocycles. The Morgan fingerprint density at radius 3 is 3.25 bits per heavy atom. The van der Waals surface area contributed by atoms with Gasteiger partial charge in [0.25, 0.3) is 0 Å². The van der Waals surface area contributed by atoms with Gasteiger partial charge in [-0.1, -0.05) is 20.3 Å². The first kappa shape index (κ1) is 7.84. The normalized spacial score (nSPS) is 28.5. The van der Waals surface area contributed by atoms with Gasteiger partial charge >= 0.3 is 0 Å². The summed E-state index contributed by atoms with van der Waals surface area (Å²) in [7, 11) is 0. The molecule has 1 aliphatic heterocycles. The second kappa shape index (κ2) is 2.92. The SMILES string of the molecule is CCC1Cc2nccn2CC1C. The lowest BCUT2D eigenvalue weighted by molar-refractivity contribution is 0.263. The zero-order valence-corrected chi connectivity index (χ0v) is 7.83. The van der Waals surface area contributed by atoms with Crippen molar-refractivity contribution < 1.29 is 0 Å². The van der Waals surface area contributed by atoms with Gasteiger partial charge in [0.1, 0.15) is 5.82 Å². The molecule has 0 N–H and O–H groups in total. The first-order chi connectivity index (χ1) is 5.81. The van der Waals surface area contributed by atoms with Crippen molar-refractivity contribution in [2.45, 2.75) is 33.2 Å². The fraction of sp³-hybridized carbons (Fsp3) is 0.700. The van der Waals surface area contributed by atoms with E-state index in [1.807, 2.05) is 6.20 Å². The molecule has 1 aromatic rings. The van der Waals surface area contributed by atoms with Crippen molar-refractivity contribution in [3.8, 4) is 0 Å². The van der Waals surface area contributed by atoms with Crippen molar-refractivity contribution in [3.63, 3.8) is 0 Å². The maximum absolute atomic E-state index is 4.35. The van der Waals surface area contributed by atoms with Crippen LogP contribution in [0.2, 0.25) is 0 Å². The zero-order valence-electron chi connectivity index (χ0n) is 7.83. The van der Waals surface area contributed by atoms with E-state index in [0.29, 0.717) is 0 Å². The van der Waals surface area contributed by atoms with E-state index in [9.17, 15) is 0 Å². The summed E-state index contributed by atoms with van der Waals surface area (Å²) in [6.45, 7) is 5.78. The zero-order chi connectivity index (χ0) is 8.55. The fourth-order valence-electron chi connectivity index (χ4n) is 2.14. The maximum atomic E-state index is 4.35. The van der Waals surface area contributed by atoms with E-state index in [4.69, 9.17) is 0 Å². The molecule has 0 amide bonds. The molecule has 0 bridgehead atoms. The molecule has 12 heavy (non-hydrogen) atoms. The van der Waals surface area contributed by atoms with Crippen LogP contribution in [0.25, 0.3) is 0 Å². The van der Waals surface area contributed by atoms with E-state index in [1.165, 1.54) is 18.7 Å². The largest absolute Gasteiger partial charge is 0.335 e. The van der Waals surface area contributed by atoms with Crippen LogP contribution < -0.4 is 0 Å². The smallest absolute Gasteiger partial charge is 0.108 e. The highest BCUT2D eigenvalue weighted by Crippen LogP contribution is 2.26. The van der Waals surface area contributed by atoms with Gasteiger partial charge < -0.3 is 4.57 Å². The van der Waals surface area contributed by atoms with Crippen molar-refractivity contribution >= 4 is 0 Å². The number of fused-ring (bicyclic) bond motifs is 1. The standard InChI is InChI=1S/C10H16N2/c1-3-9-6-10-11-4-5-12(10)7-8(9)2/h4-5,8-9H,3,6-7H2,1-2H3. The van der Waals surface area contributed by atoms with Gasteiger partial charge in [-0.3, -0.25) is 0 Å². The van der Waals surface area contributed by atoms with E-state index in [0.717, 1.165) is 18.4 Å². The average Bonchev–Trinajstić information content (AvgIpc) is 2.49. The lowest BCUT2D eigenvalue weighted by Crippen LogP contribution is -2.26. The van der Waals surface area contributed by atoms with Crippen LogP contribution in [0.3, 0.4) is 0 Å². The molecule has 0 fully saturated rings. The number of hydrogen-bond acceptors (Lipinski definition) is 1. The first-order valence-corrected chi connectivity index (χ1v) is 4.81. The summed E-state index contributed by atoms with van der Waals surface area (Å²) in [6.07, 6.45) is 6.47. The molecule has 2 nitrogen and oxygen atoms in total. The molecule has 0 spiro atoms. The van der Waals surface area contributed by atoms with Gasteiger partial charge in [0.15, 0.2) is 0 Å². The number of hydrogen-bond donors (Lipinski definition) is 0. The molecule has 2 rings (SSSR count). The van der Waals surface area contributed by atoms with Crippen LogP contribution in [0.15, 0.2) is 12.4 Å². The van der Waals surface area contributed by atoms with Crippen LogP contribution in [0.4, 0.5) is 0 Å². The number of imidazole rings is 1. The molecule has 1 aromatic heterocycles. The Morgan fingerprint density at radius 1 is 1.67 bits per heavy atom. The number of rotatable bonds is 1. The monoisotopic (exact) mass is 164 g/mol. The Labute approximate surface area is 73.6 Å². The highest BCUT2D eigenvalue weighted by Gasteiger charge is 2.23. The number of aromatic nitrogens is 2. The van der Waals surface area contributed by atoms with Gasteiger partial charge in [-0.15, -0.1) is 0 Å². The number of nitrogens with zero attached hydrogens (tertiary/aromatic N) is 2. The van der Waals surface area contributed by atoms with E-state index < -0.39 is 0 Å². The summed E-state index contributed by atoms with van der Waals surface area (Å²) in [5, 5.41) is 0. The topological polar surface area (TPSA) is 17.8 Å². The molecule has 2 unspecified atom stereocenters. The second-order valence-electron chi connectivity index (χ2n) is 3.85. The van der Waals surface area contributed by atoms with Crippen LogP contribution in [0.5, 0.6) is 0 Å². The van der Waals surface area contributed by atoms with Gasteiger partial charge in [-0.2, -0.15) is 0 Å². The Kier molecular flexibility index (Phi) is 1.91. The van der Waals surface area contributed by atoms with E-state index in [1.54, 1.807) is 0 Å². The van der Waals surface area contributed by atoms with E-state index in [-0.39, 0.29) is 0 Å². The maximum Gasteiger partial charge on any atom is 0.108 e.